The third-order valence-corrected chi connectivity index (χ3v) is 3.95. The molecule has 0 aliphatic rings. The Morgan fingerprint density at radius 1 is 1.25 bits per heavy atom. The molecule has 0 spiro atoms. The lowest BCUT2D eigenvalue weighted by atomic mass is 10.1. The number of methoxy groups -OCH3 is 1. The summed E-state index contributed by atoms with van der Waals surface area (Å²) in [5.74, 6) is 0.612. The van der Waals surface area contributed by atoms with Gasteiger partial charge in [-0.3, -0.25) is 0 Å². The van der Waals surface area contributed by atoms with Crippen LogP contribution in [0.2, 0.25) is 0 Å². The van der Waals surface area contributed by atoms with E-state index >= 15 is 0 Å². The number of halogens is 2. The van der Waals surface area contributed by atoms with Crippen LogP contribution < -0.4 is 10.1 Å². The molecule has 2 nitrogen and oxygen atoms in total. The highest BCUT2D eigenvalue weighted by atomic mass is 79.9. The van der Waals surface area contributed by atoms with Gasteiger partial charge >= 0.3 is 0 Å². The fraction of sp³-hybridized carbons (Fsp3) is 0.250. The maximum Gasteiger partial charge on any atom is 0.124 e. The zero-order chi connectivity index (χ0) is 14.5. The summed E-state index contributed by atoms with van der Waals surface area (Å²) in [6, 6.07) is 12.9. The standard InChI is InChI=1S/C16H17BrFNO/c1-11(12-4-3-5-15(8-12)20-2)19-10-13-6-7-14(18)9-16(13)17/h3-9,11,19H,10H2,1-2H3/t11-/m1/s1. The van der Waals surface area contributed by atoms with Crippen LogP contribution in [0.15, 0.2) is 46.9 Å². The lowest BCUT2D eigenvalue weighted by Crippen LogP contribution is -2.18. The molecule has 0 bridgehead atoms. The molecule has 2 rings (SSSR count). The van der Waals surface area contributed by atoms with Crippen molar-refractivity contribution in [1.29, 1.82) is 0 Å². The van der Waals surface area contributed by atoms with E-state index in [2.05, 4.69) is 34.2 Å². The molecule has 0 saturated heterocycles. The van der Waals surface area contributed by atoms with Crippen LogP contribution in [0.5, 0.6) is 5.75 Å². The summed E-state index contributed by atoms with van der Waals surface area (Å²) in [6.07, 6.45) is 0. The van der Waals surface area contributed by atoms with Gasteiger partial charge in [-0.15, -0.1) is 0 Å². The van der Waals surface area contributed by atoms with Crippen LogP contribution >= 0.6 is 15.9 Å². The Morgan fingerprint density at radius 2 is 2.05 bits per heavy atom. The van der Waals surface area contributed by atoms with Gasteiger partial charge in [-0.2, -0.15) is 0 Å². The molecule has 0 unspecified atom stereocenters. The maximum absolute atomic E-state index is 13.0. The second-order valence-electron chi connectivity index (χ2n) is 4.61. The number of hydrogen-bond acceptors (Lipinski definition) is 2. The van der Waals surface area contributed by atoms with Crippen molar-refractivity contribution in [2.24, 2.45) is 0 Å². The maximum atomic E-state index is 13.0. The van der Waals surface area contributed by atoms with Gasteiger partial charge in [0.05, 0.1) is 7.11 Å². The van der Waals surface area contributed by atoms with Crippen molar-refractivity contribution < 1.29 is 9.13 Å². The third kappa shape index (κ3) is 3.81. The Bertz CT molecular complexity index is 588. The average molecular weight is 338 g/mol. The molecular weight excluding hydrogens is 321 g/mol. The average Bonchev–Trinajstić information content (AvgIpc) is 2.46. The van der Waals surface area contributed by atoms with Gasteiger partial charge < -0.3 is 10.1 Å². The SMILES string of the molecule is COc1cccc([C@@H](C)NCc2ccc(F)cc2Br)c1. The Balaban J connectivity index is 2.02. The summed E-state index contributed by atoms with van der Waals surface area (Å²) in [6.45, 7) is 2.76. The van der Waals surface area contributed by atoms with Gasteiger partial charge in [-0.25, -0.2) is 4.39 Å². The molecule has 1 N–H and O–H groups in total. The van der Waals surface area contributed by atoms with Gasteiger partial charge in [0.15, 0.2) is 0 Å². The first kappa shape index (κ1) is 15.0. The molecule has 0 radical (unpaired) electrons. The smallest absolute Gasteiger partial charge is 0.124 e. The van der Waals surface area contributed by atoms with E-state index in [1.165, 1.54) is 12.1 Å². The van der Waals surface area contributed by atoms with E-state index in [-0.39, 0.29) is 11.9 Å². The Kier molecular flexibility index (Phi) is 5.15. The van der Waals surface area contributed by atoms with Gasteiger partial charge in [-0.05, 0) is 42.3 Å². The highest BCUT2D eigenvalue weighted by molar-refractivity contribution is 9.10. The largest absolute Gasteiger partial charge is 0.497 e. The van der Waals surface area contributed by atoms with Gasteiger partial charge in [0.1, 0.15) is 11.6 Å². The molecule has 0 saturated carbocycles. The van der Waals surface area contributed by atoms with Crippen molar-refractivity contribution in [3.63, 3.8) is 0 Å². The van der Waals surface area contributed by atoms with Crippen LogP contribution in [0.3, 0.4) is 0 Å². The topological polar surface area (TPSA) is 21.3 Å². The molecule has 0 amide bonds. The number of hydrogen-bond donors (Lipinski definition) is 1. The second-order valence-corrected chi connectivity index (χ2v) is 5.47. The molecule has 0 aliphatic carbocycles. The minimum atomic E-state index is -0.235. The highest BCUT2D eigenvalue weighted by Crippen LogP contribution is 2.21. The van der Waals surface area contributed by atoms with E-state index < -0.39 is 0 Å². The summed E-state index contributed by atoms with van der Waals surface area (Å²) in [7, 11) is 1.66. The van der Waals surface area contributed by atoms with Gasteiger partial charge in [0.25, 0.3) is 0 Å². The predicted molar refractivity (Wildman–Crippen MR) is 82.3 cm³/mol. The van der Waals surface area contributed by atoms with Crippen LogP contribution in [0.4, 0.5) is 4.39 Å². The lowest BCUT2D eigenvalue weighted by molar-refractivity contribution is 0.413. The van der Waals surface area contributed by atoms with E-state index in [1.54, 1.807) is 13.2 Å². The zero-order valence-corrected chi connectivity index (χ0v) is 13.1. The van der Waals surface area contributed by atoms with E-state index in [1.807, 2.05) is 18.2 Å². The molecule has 20 heavy (non-hydrogen) atoms. The van der Waals surface area contributed by atoms with Crippen molar-refractivity contribution >= 4 is 15.9 Å². The summed E-state index contributed by atoms with van der Waals surface area (Å²) < 4.78 is 19.0. The number of ether oxygens (including phenoxy) is 1. The highest BCUT2D eigenvalue weighted by Gasteiger charge is 2.07. The first-order valence-electron chi connectivity index (χ1n) is 6.41. The van der Waals surface area contributed by atoms with Crippen molar-refractivity contribution in [3.05, 3.63) is 63.9 Å². The van der Waals surface area contributed by atoms with Crippen LogP contribution in [-0.4, -0.2) is 7.11 Å². The van der Waals surface area contributed by atoms with Crippen LogP contribution in [-0.2, 0) is 6.54 Å². The molecule has 4 heteroatoms. The van der Waals surface area contributed by atoms with Crippen molar-refractivity contribution in [2.45, 2.75) is 19.5 Å². The predicted octanol–water partition coefficient (Wildman–Crippen LogP) is 4.45. The zero-order valence-electron chi connectivity index (χ0n) is 11.5. The molecule has 2 aromatic rings. The fourth-order valence-electron chi connectivity index (χ4n) is 1.96. The summed E-state index contributed by atoms with van der Waals surface area (Å²) >= 11 is 3.38. The first-order chi connectivity index (χ1) is 9.60. The fourth-order valence-corrected chi connectivity index (χ4v) is 2.45. The quantitative estimate of drug-likeness (QED) is 0.870. The van der Waals surface area contributed by atoms with Gasteiger partial charge in [0.2, 0.25) is 0 Å². The molecule has 0 aliphatic heterocycles. The minimum absolute atomic E-state index is 0.182. The minimum Gasteiger partial charge on any atom is -0.497 e. The van der Waals surface area contributed by atoms with E-state index in [4.69, 9.17) is 4.74 Å². The van der Waals surface area contributed by atoms with Gasteiger partial charge in [-0.1, -0.05) is 34.1 Å². The monoisotopic (exact) mass is 337 g/mol. The molecule has 0 aromatic heterocycles. The van der Waals surface area contributed by atoms with E-state index in [9.17, 15) is 4.39 Å². The van der Waals surface area contributed by atoms with Crippen molar-refractivity contribution in [2.75, 3.05) is 7.11 Å². The van der Waals surface area contributed by atoms with Crippen LogP contribution in [0.1, 0.15) is 24.1 Å². The first-order valence-corrected chi connectivity index (χ1v) is 7.20. The summed E-state index contributed by atoms with van der Waals surface area (Å²) in [5, 5.41) is 3.42. The number of rotatable bonds is 5. The number of benzene rings is 2. The molecule has 1 atom stereocenters. The Labute approximate surface area is 127 Å². The molecule has 106 valence electrons. The summed E-state index contributed by atoms with van der Waals surface area (Å²) in [4.78, 5) is 0. The second kappa shape index (κ2) is 6.86. The Hall–Kier alpha value is -1.39. The third-order valence-electron chi connectivity index (χ3n) is 3.21. The lowest BCUT2D eigenvalue weighted by Gasteiger charge is -2.16. The number of nitrogens with one attached hydrogen (secondary N) is 1. The molecular formula is C16H17BrFNO. The van der Waals surface area contributed by atoms with Gasteiger partial charge in [0, 0.05) is 17.1 Å². The summed E-state index contributed by atoms with van der Waals surface area (Å²) in [5.41, 5.74) is 2.18. The molecule has 0 fully saturated rings. The van der Waals surface area contributed by atoms with Crippen LogP contribution in [0.25, 0.3) is 0 Å². The Morgan fingerprint density at radius 3 is 2.75 bits per heavy atom. The molecule has 2 aromatic carbocycles. The van der Waals surface area contributed by atoms with Crippen molar-refractivity contribution in [3.8, 4) is 5.75 Å². The van der Waals surface area contributed by atoms with E-state index in [0.717, 1.165) is 21.3 Å². The normalized spacial score (nSPS) is 12.2. The van der Waals surface area contributed by atoms with E-state index in [0.29, 0.717) is 6.54 Å². The molecule has 0 heterocycles. The van der Waals surface area contributed by atoms with Crippen LogP contribution in [0, 0.1) is 5.82 Å². The van der Waals surface area contributed by atoms with Crippen molar-refractivity contribution in [1.82, 2.24) is 5.32 Å².